The van der Waals surface area contributed by atoms with Crippen molar-refractivity contribution in [3.05, 3.63) is 62.9 Å². The molecule has 3 aromatic rings. The number of rotatable bonds is 8. The van der Waals surface area contributed by atoms with Gasteiger partial charge in [0.15, 0.2) is 5.16 Å². The fraction of sp³-hybridized carbons (Fsp3) is 0.318. The van der Waals surface area contributed by atoms with Gasteiger partial charge in [-0.05, 0) is 42.7 Å². The molecule has 2 aromatic carbocycles. The van der Waals surface area contributed by atoms with Gasteiger partial charge in [0.1, 0.15) is 0 Å². The average molecular weight is 446 g/mol. The van der Waals surface area contributed by atoms with E-state index in [0.29, 0.717) is 34.2 Å². The summed E-state index contributed by atoms with van der Waals surface area (Å²) in [5.41, 5.74) is 3.28. The number of ether oxygens (including phenoxy) is 1. The van der Waals surface area contributed by atoms with Crippen molar-refractivity contribution >= 4 is 45.9 Å². The van der Waals surface area contributed by atoms with E-state index < -0.39 is 0 Å². The van der Waals surface area contributed by atoms with Crippen LogP contribution >= 0.6 is 23.4 Å². The molecule has 1 aromatic heterocycles. The largest absolute Gasteiger partial charge is 0.383 e. The zero-order chi connectivity index (χ0) is 21.7. The second-order valence-electron chi connectivity index (χ2n) is 6.80. The molecule has 0 saturated carbocycles. The van der Waals surface area contributed by atoms with E-state index in [1.54, 1.807) is 29.9 Å². The fourth-order valence-electron chi connectivity index (χ4n) is 3.17. The van der Waals surface area contributed by atoms with Gasteiger partial charge in [-0.1, -0.05) is 48.5 Å². The van der Waals surface area contributed by atoms with Gasteiger partial charge in [-0.3, -0.25) is 14.2 Å². The number of amides is 1. The Balaban J connectivity index is 1.86. The van der Waals surface area contributed by atoms with Crippen molar-refractivity contribution in [3.8, 4) is 0 Å². The number of thioether (sulfide) groups is 1. The van der Waals surface area contributed by atoms with Crippen LogP contribution in [-0.2, 0) is 22.5 Å². The third-order valence-corrected chi connectivity index (χ3v) is 5.95. The minimum Gasteiger partial charge on any atom is -0.383 e. The average Bonchev–Trinajstić information content (AvgIpc) is 2.73. The Labute approximate surface area is 184 Å². The lowest BCUT2D eigenvalue weighted by Gasteiger charge is -2.14. The molecular formula is C22H24ClN3O3S. The molecule has 0 spiro atoms. The minimum absolute atomic E-state index is 0.128. The second-order valence-corrected chi connectivity index (χ2v) is 8.18. The Bertz CT molecular complexity index is 1130. The topological polar surface area (TPSA) is 73.2 Å². The molecule has 6 nitrogen and oxygen atoms in total. The first-order chi connectivity index (χ1) is 14.4. The zero-order valence-corrected chi connectivity index (χ0v) is 18.8. The van der Waals surface area contributed by atoms with E-state index in [1.807, 2.05) is 25.1 Å². The van der Waals surface area contributed by atoms with Gasteiger partial charge in [0.2, 0.25) is 5.91 Å². The second kappa shape index (κ2) is 10.1. The van der Waals surface area contributed by atoms with Crippen molar-refractivity contribution < 1.29 is 9.53 Å². The van der Waals surface area contributed by atoms with Crippen molar-refractivity contribution in [2.75, 3.05) is 24.8 Å². The number of para-hydroxylation sites is 1. The Kier molecular flexibility index (Phi) is 7.53. The van der Waals surface area contributed by atoms with Crippen molar-refractivity contribution in [2.45, 2.75) is 32.0 Å². The lowest BCUT2D eigenvalue weighted by molar-refractivity contribution is -0.113. The number of anilines is 1. The first kappa shape index (κ1) is 22.3. The highest BCUT2D eigenvalue weighted by Gasteiger charge is 2.15. The number of carbonyl (C=O) groups is 1. The van der Waals surface area contributed by atoms with Crippen LogP contribution in [0.3, 0.4) is 0 Å². The Morgan fingerprint density at radius 3 is 2.83 bits per heavy atom. The van der Waals surface area contributed by atoms with Crippen LogP contribution in [0.5, 0.6) is 0 Å². The number of halogens is 1. The number of benzene rings is 2. The molecule has 0 unspecified atom stereocenters. The van der Waals surface area contributed by atoms with Crippen molar-refractivity contribution in [3.63, 3.8) is 0 Å². The van der Waals surface area contributed by atoms with Crippen molar-refractivity contribution in [2.24, 2.45) is 0 Å². The Morgan fingerprint density at radius 1 is 1.30 bits per heavy atom. The molecule has 1 N–H and O–H groups in total. The molecule has 0 aliphatic heterocycles. The molecule has 30 heavy (non-hydrogen) atoms. The third kappa shape index (κ3) is 5.03. The van der Waals surface area contributed by atoms with Gasteiger partial charge in [0.05, 0.1) is 29.8 Å². The van der Waals surface area contributed by atoms with Crippen LogP contribution in [0.1, 0.15) is 18.1 Å². The van der Waals surface area contributed by atoms with Crippen LogP contribution in [0.15, 0.2) is 46.3 Å². The number of hydrogen-bond acceptors (Lipinski definition) is 5. The molecule has 0 radical (unpaired) electrons. The monoisotopic (exact) mass is 445 g/mol. The smallest absolute Gasteiger partial charge is 0.262 e. The van der Waals surface area contributed by atoms with E-state index in [1.165, 1.54) is 11.8 Å². The number of methoxy groups -OCH3 is 1. The highest BCUT2D eigenvalue weighted by molar-refractivity contribution is 7.99. The van der Waals surface area contributed by atoms with Crippen LogP contribution in [0.4, 0.5) is 5.69 Å². The standard InChI is InChI=1S/C22H24ClN3O3S/c1-4-15-7-5-6-14(2)20(15)25-19(27)13-30-22-24-18-12-16(23)8-9-17(18)21(28)26(22)10-11-29-3/h5-9,12H,4,10-11,13H2,1-3H3,(H,25,27). The third-order valence-electron chi connectivity index (χ3n) is 4.74. The van der Waals surface area contributed by atoms with E-state index in [4.69, 9.17) is 16.3 Å². The molecule has 0 fully saturated rings. The van der Waals surface area contributed by atoms with Crippen LogP contribution in [0, 0.1) is 6.92 Å². The summed E-state index contributed by atoms with van der Waals surface area (Å²) in [7, 11) is 1.58. The molecule has 158 valence electrons. The molecule has 0 bridgehead atoms. The summed E-state index contributed by atoms with van der Waals surface area (Å²) in [5, 5.41) is 4.45. The molecule has 0 atom stereocenters. The van der Waals surface area contributed by atoms with Gasteiger partial charge in [0, 0.05) is 17.8 Å². The predicted octanol–water partition coefficient (Wildman–Crippen LogP) is 4.30. The SMILES string of the molecule is CCc1cccc(C)c1NC(=O)CSc1nc2cc(Cl)ccc2c(=O)n1CCOC. The zero-order valence-electron chi connectivity index (χ0n) is 17.2. The number of hydrogen-bond donors (Lipinski definition) is 1. The first-order valence-electron chi connectivity index (χ1n) is 9.64. The van der Waals surface area contributed by atoms with E-state index in [0.717, 1.165) is 23.2 Å². The summed E-state index contributed by atoms with van der Waals surface area (Å²) in [5.74, 6) is -0.0223. The molecule has 0 aliphatic carbocycles. The molecule has 8 heteroatoms. The number of nitrogens with one attached hydrogen (secondary N) is 1. The van der Waals surface area contributed by atoms with Gasteiger partial charge < -0.3 is 10.1 Å². The van der Waals surface area contributed by atoms with E-state index in [-0.39, 0.29) is 17.2 Å². The summed E-state index contributed by atoms with van der Waals surface area (Å²) < 4.78 is 6.68. The molecule has 0 aliphatic rings. The number of nitrogens with zero attached hydrogens (tertiary/aromatic N) is 2. The van der Waals surface area contributed by atoms with Crippen molar-refractivity contribution in [1.82, 2.24) is 9.55 Å². The maximum absolute atomic E-state index is 12.9. The molecular weight excluding hydrogens is 422 g/mol. The van der Waals surface area contributed by atoms with Crippen LogP contribution in [0.2, 0.25) is 5.02 Å². The summed E-state index contributed by atoms with van der Waals surface area (Å²) in [6.45, 7) is 4.74. The summed E-state index contributed by atoms with van der Waals surface area (Å²) in [6.07, 6.45) is 0.827. The summed E-state index contributed by atoms with van der Waals surface area (Å²) in [4.78, 5) is 30.2. The first-order valence-corrected chi connectivity index (χ1v) is 11.0. The normalized spacial score (nSPS) is 11.1. The van der Waals surface area contributed by atoms with Crippen molar-refractivity contribution in [1.29, 1.82) is 0 Å². The Morgan fingerprint density at radius 2 is 2.10 bits per heavy atom. The minimum atomic E-state index is -0.177. The maximum atomic E-state index is 12.9. The predicted molar refractivity (Wildman–Crippen MR) is 123 cm³/mol. The van der Waals surface area contributed by atoms with Gasteiger partial charge in [0.25, 0.3) is 5.56 Å². The molecule has 1 heterocycles. The molecule has 1 amide bonds. The highest BCUT2D eigenvalue weighted by atomic mass is 35.5. The van der Waals surface area contributed by atoms with Gasteiger partial charge in [-0.2, -0.15) is 0 Å². The molecule has 3 rings (SSSR count). The number of aromatic nitrogens is 2. The van der Waals surface area contributed by atoms with E-state index in [9.17, 15) is 9.59 Å². The van der Waals surface area contributed by atoms with E-state index >= 15 is 0 Å². The lowest BCUT2D eigenvalue weighted by atomic mass is 10.1. The number of aryl methyl sites for hydroxylation is 2. The lowest BCUT2D eigenvalue weighted by Crippen LogP contribution is -2.26. The van der Waals surface area contributed by atoms with Gasteiger partial charge in [-0.15, -0.1) is 0 Å². The van der Waals surface area contributed by atoms with E-state index in [2.05, 4.69) is 17.2 Å². The highest BCUT2D eigenvalue weighted by Crippen LogP contribution is 2.23. The Hall–Kier alpha value is -2.35. The summed E-state index contributed by atoms with van der Waals surface area (Å²) in [6, 6.07) is 11.0. The van der Waals surface area contributed by atoms with Crippen LogP contribution in [-0.4, -0.2) is 34.9 Å². The number of carbonyl (C=O) groups excluding carboxylic acids is 1. The summed E-state index contributed by atoms with van der Waals surface area (Å²) >= 11 is 7.29. The quantitative estimate of drug-likeness (QED) is 0.413. The fourth-order valence-corrected chi connectivity index (χ4v) is 4.16. The van der Waals surface area contributed by atoms with Crippen LogP contribution < -0.4 is 10.9 Å². The molecule has 0 saturated heterocycles. The van der Waals surface area contributed by atoms with Gasteiger partial charge in [-0.25, -0.2) is 4.98 Å². The van der Waals surface area contributed by atoms with Crippen LogP contribution in [0.25, 0.3) is 10.9 Å². The maximum Gasteiger partial charge on any atom is 0.262 e. The number of fused-ring (bicyclic) bond motifs is 1. The van der Waals surface area contributed by atoms with Gasteiger partial charge >= 0.3 is 0 Å².